The third-order valence-corrected chi connectivity index (χ3v) is 4.41. The van der Waals surface area contributed by atoms with Gasteiger partial charge >= 0.3 is 0 Å². The molecule has 2 amide bonds. The zero-order valence-electron chi connectivity index (χ0n) is 11.7. The van der Waals surface area contributed by atoms with Crippen LogP contribution < -0.4 is 0 Å². The van der Waals surface area contributed by atoms with Gasteiger partial charge in [0, 0.05) is 26.6 Å². The second kappa shape index (κ2) is 5.33. The van der Waals surface area contributed by atoms with Crippen molar-refractivity contribution in [1.82, 2.24) is 9.80 Å². The molecule has 2 aliphatic rings. The van der Waals surface area contributed by atoms with Crippen LogP contribution in [0.1, 0.15) is 26.7 Å². The summed E-state index contributed by atoms with van der Waals surface area (Å²) in [6, 6.07) is 0.0286. The number of likely N-dealkylation sites (tertiary alicyclic amines) is 1. The molecule has 0 aliphatic carbocycles. The fraction of sp³-hybridized carbons (Fsp3) is 0.714. The van der Waals surface area contributed by atoms with Gasteiger partial charge in [0.2, 0.25) is 11.8 Å². The van der Waals surface area contributed by atoms with Gasteiger partial charge in [0.15, 0.2) is 0 Å². The van der Waals surface area contributed by atoms with E-state index in [0.717, 1.165) is 12.8 Å². The van der Waals surface area contributed by atoms with Gasteiger partial charge in [-0.15, -0.1) is 6.58 Å². The van der Waals surface area contributed by atoms with Crippen LogP contribution in [0.2, 0.25) is 0 Å². The Morgan fingerprint density at radius 2 is 2.16 bits per heavy atom. The number of ether oxygens (including phenoxy) is 1. The van der Waals surface area contributed by atoms with Crippen LogP contribution in [0.3, 0.4) is 0 Å². The molecule has 0 aromatic rings. The van der Waals surface area contributed by atoms with E-state index in [1.54, 1.807) is 13.0 Å². The van der Waals surface area contributed by atoms with Crippen LogP contribution in [-0.4, -0.2) is 59.5 Å². The standard InChI is InChI=1S/C14H22N2O3/c1-4-7-16-11(2)14(19-10-13(16)18)5-8-15(9-6-14)12(3)17/h4,11H,1,5-10H2,2-3H3. The van der Waals surface area contributed by atoms with Gasteiger partial charge in [-0.2, -0.15) is 0 Å². The molecular weight excluding hydrogens is 244 g/mol. The molecule has 5 nitrogen and oxygen atoms in total. The smallest absolute Gasteiger partial charge is 0.249 e. The van der Waals surface area contributed by atoms with Crippen molar-refractivity contribution >= 4 is 11.8 Å². The van der Waals surface area contributed by atoms with Gasteiger partial charge in [0.1, 0.15) is 6.61 Å². The molecule has 106 valence electrons. The number of amides is 2. The molecule has 2 saturated heterocycles. The monoisotopic (exact) mass is 266 g/mol. The van der Waals surface area contributed by atoms with E-state index in [4.69, 9.17) is 4.74 Å². The summed E-state index contributed by atoms with van der Waals surface area (Å²) in [5, 5.41) is 0. The Hall–Kier alpha value is -1.36. The third kappa shape index (κ3) is 2.52. The highest BCUT2D eigenvalue weighted by Gasteiger charge is 2.47. The molecule has 0 radical (unpaired) electrons. The Labute approximate surface area is 114 Å². The molecule has 2 rings (SSSR count). The maximum atomic E-state index is 11.9. The lowest BCUT2D eigenvalue weighted by molar-refractivity contribution is -0.186. The van der Waals surface area contributed by atoms with Crippen molar-refractivity contribution in [3.8, 4) is 0 Å². The summed E-state index contributed by atoms with van der Waals surface area (Å²) in [5.74, 6) is 0.129. The van der Waals surface area contributed by atoms with Crippen molar-refractivity contribution in [2.24, 2.45) is 0 Å². The summed E-state index contributed by atoms with van der Waals surface area (Å²) in [6.07, 6.45) is 3.32. The van der Waals surface area contributed by atoms with Crippen molar-refractivity contribution in [1.29, 1.82) is 0 Å². The molecule has 0 aromatic carbocycles. The van der Waals surface area contributed by atoms with Crippen LogP contribution in [0.25, 0.3) is 0 Å². The van der Waals surface area contributed by atoms with E-state index in [1.807, 2.05) is 16.7 Å². The highest BCUT2D eigenvalue weighted by molar-refractivity contribution is 5.79. The fourth-order valence-electron chi connectivity index (χ4n) is 3.07. The summed E-state index contributed by atoms with van der Waals surface area (Å²) in [4.78, 5) is 26.9. The number of rotatable bonds is 2. The van der Waals surface area contributed by atoms with Crippen LogP contribution in [0, 0.1) is 0 Å². The molecule has 1 spiro atoms. The van der Waals surface area contributed by atoms with E-state index in [2.05, 4.69) is 6.58 Å². The van der Waals surface area contributed by atoms with Crippen molar-refractivity contribution in [2.45, 2.75) is 38.3 Å². The number of nitrogens with zero attached hydrogens (tertiary/aromatic N) is 2. The Kier molecular flexibility index (Phi) is 3.94. The average molecular weight is 266 g/mol. The van der Waals surface area contributed by atoms with Gasteiger partial charge in [-0.1, -0.05) is 6.08 Å². The highest BCUT2D eigenvalue weighted by atomic mass is 16.5. The number of carbonyl (C=O) groups excluding carboxylic acids is 2. The zero-order chi connectivity index (χ0) is 14.0. The molecule has 1 atom stereocenters. The first-order valence-electron chi connectivity index (χ1n) is 6.80. The maximum Gasteiger partial charge on any atom is 0.249 e. The number of hydrogen-bond donors (Lipinski definition) is 0. The second-order valence-corrected chi connectivity index (χ2v) is 5.37. The minimum Gasteiger partial charge on any atom is -0.363 e. The lowest BCUT2D eigenvalue weighted by atomic mass is 9.82. The second-order valence-electron chi connectivity index (χ2n) is 5.37. The molecule has 19 heavy (non-hydrogen) atoms. The Morgan fingerprint density at radius 3 is 2.68 bits per heavy atom. The summed E-state index contributed by atoms with van der Waals surface area (Å²) < 4.78 is 5.87. The zero-order valence-corrected chi connectivity index (χ0v) is 11.7. The first kappa shape index (κ1) is 14.1. The quantitative estimate of drug-likeness (QED) is 0.695. The van der Waals surface area contributed by atoms with Gasteiger partial charge in [0.25, 0.3) is 0 Å². The minimum absolute atomic E-state index is 0.0204. The fourth-order valence-corrected chi connectivity index (χ4v) is 3.07. The van der Waals surface area contributed by atoms with Crippen molar-refractivity contribution in [3.05, 3.63) is 12.7 Å². The van der Waals surface area contributed by atoms with Gasteiger partial charge < -0.3 is 14.5 Å². The van der Waals surface area contributed by atoms with Crippen molar-refractivity contribution in [2.75, 3.05) is 26.2 Å². The van der Waals surface area contributed by atoms with E-state index in [9.17, 15) is 9.59 Å². The van der Waals surface area contributed by atoms with Crippen LogP contribution in [-0.2, 0) is 14.3 Å². The van der Waals surface area contributed by atoms with Crippen LogP contribution >= 0.6 is 0 Å². The predicted octanol–water partition coefficient (Wildman–Crippen LogP) is 0.801. The van der Waals surface area contributed by atoms with Crippen LogP contribution in [0.4, 0.5) is 0 Å². The van der Waals surface area contributed by atoms with E-state index in [0.29, 0.717) is 19.6 Å². The molecule has 1 unspecified atom stereocenters. The number of piperidine rings is 1. The Morgan fingerprint density at radius 1 is 1.53 bits per heavy atom. The summed E-state index contributed by atoms with van der Waals surface area (Å²) in [5.41, 5.74) is -0.303. The highest BCUT2D eigenvalue weighted by Crippen LogP contribution is 2.35. The van der Waals surface area contributed by atoms with Gasteiger partial charge in [-0.3, -0.25) is 9.59 Å². The van der Waals surface area contributed by atoms with Gasteiger partial charge in [0.05, 0.1) is 11.6 Å². The Balaban J connectivity index is 2.10. The van der Waals surface area contributed by atoms with E-state index < -0.39 is 0 Å². The molecule has 2 aliphatic heterocycles. The van der Waals surface area contributed by atoms with Crippen molar-refractivity contribution in [3.63, 3.8) is 0 Å². The molecule has 0 N–H and O–H groups in total. The van der Waals surface area contributed by atoms with E-state index in [-0.39, 0.29) is 30.1 Å². The molecular formula is C14H22N2O3. The normalized spacial score (nSPS) is 26.6. The molecule has 0 aromatic heterocycles. The summed E-state index contributed by atoms with van der Waals surface area (Å²) in [6.45, 7) is 9.43. The van der Waals surface area contributed by atoms with Crippen molar-refractivity contribution < 1.29 is 14.3 Å². The largest absolute Gasteiger partial charge is 0.363 e. The number of carbonyl (C=O) groups is 2. The molecule has 2 fully saturated rings. The molecule has 0 saturated carbocycles. The number of morpholine rings is 1. The minimum atomic E-state index is -0.303. The lowest BCUT2D eigenvalue weighted by Gasteiger charge is -2.51. The average Bonchev–Trinajstić information content (AvgIpc) is 2.40. The first-order valence-corrected chi connectivity index (χ1v) is 6.80. The Bertz CT molecular complexity index is 386. The van der Waals surface area contributed by atoms with Crippen LogP contribution in [0.5, 0.6) is 0 Å². The summed E-state index contributed by atoms with van der Waals surface area (Å²) in [7, 11) is 0. The predicted molar refractivity (Wildman–Crippen MR) is 71.5 cm³/mol. The van der Waals surface area contributed by atoms with Gasteiger partial charge in [-0.25, -0.2) is 0 Å². The lowest BCUT2D eigenvalue weighted by Crippen LogP contribution is -2.64. The summed E-state index contributed by atoms with van der Waals surface area (Å²) >= 11 is 0. The maximum absolute atomic E-state index is 11.9. The van der Waals surface area contributed by atoms with E-state index >= 15 is 0 Å². The van der Waals surface area contributed by atoms with E-state index in [1.165, 1.54) is 0 Å². The van der Waals surface area contributed by atoms with Crippen LogP contribution in [0.15, 0.2) is 12.7 Å². The SMILES string of the molecule is C=CCN1C(=O)COC2(CCN(C(C)=O)CC2)C1C. The first-order chi connectivity index (χ1) is 9.00. The molecule has 2 heterocycles. The third-order valence-electron chi connectivity index (χ3n) is 4.41. The topological polar surface area (TPSA) is 49.9 Å². The molecule has 5 heteroatoms. The van der Waals surface area contributed by atoms with Gasteiger partial charge in [-0.05, 0) is 19.8 Å². The number of hydrogen-bond acceptors (Lipinski definition) is 3. The molecule has 0 bridgehead atoms.